The van der Waals surface area contributed by atoms with E-state index in [0.717, 1.165) is 16.8 Å². The first-order chi connectivity index (χ1) is 9.29. The SMILES string of the molecule is Cc1cc(S(N)(=O)=O)cc(NC(C)C2CCCC2)c1C. The molecule has 0 bridgehead atoms. The van der Waals surface area contributed by atoms with Crippen molar-refractivity contribution >= 4 is 15.7 Å². The Balaban J connectivity index is 2.28. The van der Waals surface area contributed by atoms with Gasteiger partial charge in [0.1, 0.15) is 0 Å². The van der Waals surface area contributed by atoms with Gasteiger partial charge in [0.05, 0.1) is 4.90 Å². The Hall–Kier alpha value is -1.07. The average molecular weight is 296 g/mol. The predicted molar refractivity (Wildman–Crippen MR) is 82.3 cm³/mol. The van der Waals surface area contributed by atoms with Crippen molar-refractivity contribution in [2.75, 3.05) is 5.32 Å². The van der Waals surface area contributed by atoms with E-state index in [-0.39, 0.29) is 4.90 Å². The number of nitrogens with two attached hydrogens (primary N) is 1. The summed E-state index contributed by atoms with van der Waals surface area (Å²) in [6.07, 6.45) is 5.10. The van der Waals surface area contributed by atoms with Crippen LogP contribution in [-0.2, 0) is 10.0 Å². The molecule has 1 aliphatic carbocycles. The lowest BCUT2D eigenvalue weighted by Crippen LogP contribution is -2.24. The van der Waals surface area contributed by atoms with Crippen LogP contribution >= 0.6 is 0 Å². The summed E-state index contributed by atoms with van der Waals surface area (Å²) in [4.78, 5) is 0.182. The fourth-order valence-electron chi connectivity index (χ4n) is 2.96. The van der Waals surface area contributed by atoms with Crippen molar-refractivity contribution in [3.63, 3.8) is 0 Å². The van der Waals surface area contributed by atoms with Gasteiger partial charge in [-0.3, -0.25) is 0 Å². The monoisotopic (exact) mass is 296 g/mol. The lowest BCUT2D eigenvalue weighted by molar-refractivity contribution is 0.482. The Morgan fingerprint density at radius 1 is 1.25 bits per heavy atom. The second kappa shape index (κ2) is 5.74. The van der Waals surface area contributed by atoms with Gasteiger partial charge in [-0.25, -0.2) is 13.6 Å². The lowest BCUT2D eigenvalue weighted by Gasteiger charge is -2.23. The van der Waals surface area contributed by atoms with Gasteiger partial charge in [0.25, 0.3) is 0 Å². The van der Waals surface area contributed by atoms with Crippen LogP contribution in [0.15, 0.2) is 17.0 Å². The highest BCUT2D eigenvalue weighted by molar-refractivity contribution is 7.89. The Bertz CT molecular complexity index is 590. The van der Waals surface area contributed by atoms with Crippen molar-refractivity contribution in [1.29, 1.82) is 0 Å². The van der Waals surface area contributed by atoms with Crippen LogP contribution in [-0.4, -0.2) is 14.5 Å². The van der Waals surface area contributed by atoms with Gasteiger partial charge >= 0.3 is 0 Å². The highest BCUT2D eigenvalue weighted by Crippen LogP contribution is 2.31. The van der Waals surface area contributed by atoms with Gasteiger partial charge < -0.3 is 5.32 Å². The maximum absolute atomic E-state index is 11.5. The van der Waals surface area contributed by atoms with Crippen molar-refractivity contribution in [2.45, 2.75) is 57.4 Å². The maximum atomic E-state index is 11.5. The van der Waals surface area contributed by atoms with E-state index < -0.39 is 10.0 Å². The summed E-state index contributed by atoms with van der Waals surface area (Å²) in [7, 11) is -3.66. The second-order valence-electron chi connectivity index (χ2n) is 5.94. The van der Waals surface area contributed by atoms with Crippen LogP contribution in [0.1, 0.15) is 43.7 Å². The standard InChI is InChI=1S/C15H24N2O2S/c1-10-8-14(20(16,18)19)9-15(11(10)2)17-12(3)13-6-4-5-7-13/h8-9,12-13,17H,4-7H2,1-3H3,(H2,16,18,19). The predicted octanol–water partition coefficient (Wildman–Crippen LogP) is 2.94. The first-order valence-electron chi connectivity index (χ1n) is 7.19. The molecule has 0 aliphatic heterocycles. The van der Waals surface area contributed by atoms with Crippen LogP contribution in [0.25, 0.3) is 0 Å². The van der Waals surface area contributed by atoms with Crippen LogP contribution < -0.4 is 10.5 Å². The smallest absolute Gasteiger partial charge is 0.238 e. The van der Waals surface area contributed by atoms with E-state index >= 15 is 0 Å². The number of aryl methyl sites for hydroxylation is 1. The molecule has 1 fully saturated rings. The summed E-state index contributed by atoms with van der Waals surface area (Å²) >= 11 is 0. The number of benzene rings is 1. The summed E-state index contributed by atoms with van der Waals surface area (Å²) in [6.45, 7) is 6.09. The lowest BCUT2D eigenvalue weighted by atomic mass is 9.98. The molecule has 1 aliphatic rings. The van der Waals surface area contributed by atoms with Gasteiger partial charge in [-0.05, 0) is 62.8 Å². The average Bonchev–Trinajstić information content (AvgIpc) is 2.87. The van der Waals surface area contributed by atoms with E-state index in [1.165, 1.54) is 25.7 Å². The van der Waals surface area contributed by atoms with E-state index in [1.807, 2.05) is 13.8 Å². The zero-order valence-corrected chi connectivity index (χ0v) is 13.3. The molecular formula is C15H24N2O2S. The molecule has 0 amide bonds. The molecule has 1 unspecified atom stereocenters. The van der Waals surface area contributed by atoms with Crippen molar-refractivity contribution in [3.05, 3.63) is 23.3 Å². The van der Waals surface area contributed by atoms with Crippen molar-refractivity contribution in [2.24, 2.45) is 11.1 Å². The fourth-order valence-corrected chi connectivity index (χ4v) is 3.58. The fraction of sp³-hybridized carbons (Fsp3) is 0.600. The minimum atomic E-state index is -3.66. The van der Waals surface area contributed by atoms with Crippen LogP contribution in [0, 0.1) is 19.8 Å². The van der Waals surface area contributed by atoms with Gasteiger partial charge in [-0.15, -0.1) is 0 Å². The highest BCUT2D eigenvalue weighted by atomic mass is 32.2. The number of hydrogen-bond donors (Lipinski definition) is 2. The van der Waals surface area contributed by atoms with Gasteiger partial charge in [0, 0.05) is 11.7 Å². The second-order valence-corrected chi connectivity index (χ2v) is 7.50. The number of sulfonamides is 1. The molecule has 4 nitrogen and oxygen atoms in total. The summed E-state index contributed by atoms with van der Waals surface area (Å²) < 4.78 is 23.1. The van der Waals surface area contributed by atoms with Gasteiger partial charge in [-0.2, -0.15) is 0 Å². The highest BCUT2D eigenvalue weighted by Gasteiger charge is 2.22. The molecule has 1 aromatic rings. The summed E-state index contributed by atoms with van der Waals surface area (Å²) in [6, 6.07) is 3.64. The molecule has 1 saturated carbocycles. The zero-order chi connectivity index (χ0) is 14.9. The molecule has 3 N–H and O–H groups in total. The number of hydrogen-bond acceptors (Lipinski definition) is 3. The van der Waals surface area contributed by atoms with Crippen LogP contribution in [0.4, 0.5) is 5.69 Å². The van der Waals surface area contributed by atoms with Gasteiger partial charge in [0.2, 0.25) is 10.0 Å². The molecule has 5 heteroatoms. The topological polar surface area (TPSA) is 72.2 Å². The van der Waals surface area contributed by atoms with Crippen LogP contribution in [0.2, 0.25) is 0 Å². The minimum absolute atomic E-state index is 0.182. The molecule has 0 heterocycles. The van der Waals surface area contributed by atoms with E-state index in [4.69, 9.17) is 5.14 Å². The third-order valence-electron chi connectivity index (χ3n) is 4.46. The van der Waals surface area contributed by atoms with E-state index in [9.17, 15) is 8.42 Å². The van der Waals surface area contributed by atoms with Crippen LogP contribution in [0.5, 0.6) is 0 Å². The van der Waals surface area contributed by atoms with Crippen molar-refractivity contribution < 1.29 is 8.42 Å². The maximum Gasteiger partial charge on any atom is 0.238 e. The summed E-state index contributed by atoms with van der Waals surface area (Å²) in [5.74, 6) is 0.674. The van der Waals surface area contributed by atoms with Crippen molar-refractivity contribution in [1.82, 2.24) is 0 Å². The molecule has 0 radical (unpaired) electrons. The molecule has 1 aromatic carbocycles. The van der Waals surface area contributed by atoms with Crippen molar-refractivity contribution in [3.8, 4) is 0 Å². The van der Waals surface area contributed by atoms with Crippen LogP contribution in [0.3, 0.4) is 0 Å². The normalized spacial score (nSPS) is 18.2. The van der Waals surface area contributed by atoms with E-state index in [1.54, 1.807) is 12.1 Å². The number of rotatable bonds is 4. The third kappa shape index (κ3) is 3.33. The Morgan fingerprint density at radius 3 is 2.40 bits per heavy atom. The minimum Gasteiger partial charge on any atom is -0.382 e. The number of anilines is 1. The molecule has 0 saturated heterocycles. The zero-order valence-electron chi connectivity index (χ0n) is 12.4. The molecule has 0 spiro atoms. The molecule has 1 atom stereocenters. The molecule has 20 heavy (non-hydrogen) atoms. The van der Waals surface area contributed by atoms with Gasteiger partial charge in [-0.1, -0.05) is 12.8 Å². The summed E-state index contributed by atoms with van der Waals surface area (Å²) in [5.41, 5.74) is 2.91. The summed E-state index contributed by atoms with van der Waals surface area (Å²) in [5, 5.41) is 8.73. The number of nitrogens with one attached hydrogen (secondary N) is 1. The quantitative estimate of drug-likeness (QED) is 0.897. The Morgan fingerprint density at radius 2 is 1.85 bits per heavy atom. The van der Waals surface area contributed by atoms with E-state index in [0.29, 0.717) is 12.0 Å². The molecule has 112 valence electrons. The largest absolute Gasteiger partial charge is 0.382 e. The molecule has 2 rings (SSSR count). The van der Waals surface area contributed by atoms with E-state index in [2.05, 4.69) is 12.2 Å². The number of primary sulfonamides is 1. The Labute approximate surface area is 121 Å². The first kappa shape index (κ1) is 15.3. The third-order valence-corrected chi connectivity index (χ3v) is 5.35. The first-order valence-corrected chi connectivity index (χ1v) is 8.74. The Kier molecular flexibility index (Phi) is 4.39. The molecular weight excluding hydrogens is 272 g/mol. The molecule has 0 aromatic heterocycles. The van der Waals surface area contributed by atoms with Gasteiger partial charge in [0.15, 0.2) is 0 Å².